The van der Waals surface area contributed by atoms with Gasteiger partial charge in [0, 0.05) is 18.7 Å². The van der Waals surface area contributed by atoms with Gasteiger partial charge in [-0.1, -0.05) is 42.5 Å². The Balaban J connectivity index is 1.26. The van der Waals surface area contributed by atoms with Crippen LogP contribution in [0.2, 0.25) is 0 Å². The van der Waals surface area contributed by atoms with Crippen LogP contribution in [0.3, 0.4) is 0 Å². The van der Waals surface area contributed by atoms with E-state index in [1.54, 1.807) is 33.9 Å². The Kier molecular flexibility index (Phi) is 8.10. The summed E-state index contributed by atoms with van der Waals surface area (Å²) in [5.74, 6) is 0.748. The number of hydrogen-bond acceptors (Lipinski definition) is 9. The number of piperidine rings is 1. The van der Waals surface area contributed by atoms with Gasteiger partial charge in [0.05, 0.1) is 24.2 Å². The third-order valence-electron chi connectivity index (χ3n) is 7.85. The van der Waals surface area contributed by atoms with Crippen LogP contribution in [-0.2, 0) is 16.1 Å². The van der Waals surface area contributed by atoms with Crippen molar-refractivity contribution in [1.29, 1.82) is 5.26 Å². The maximum Gasteiger partial charge on any atom is 0.412 e. The van der Waals surface area contributed by atoms with Crippen LogP contribution in [0.25, 0.3) is 22.3 Å². The molecule has 1 aliphatic carbocycles. The summed E-state index contributed by atoms with van der Waals surface area (Å²) in [4.78, 5) is 36.2. The number of nitrogens with zero attached hydrogens (tertiary/aromatic N) is 6. The minimum atomic E-state index is -0.616. The van der Waals surface area contributed by atoms with Crippen molar-refractivity contribution in [2.24, 2.45) is 5.92 Å². The SMILES string of the molecule is COc1cc(-c2nn(C3CCCN(C(=O)/C(C#N)=C/C4CC4)C3)c3ncnc(N)c23)ccc1NC(=O)OCc1ccccc1. The third kappa shape index (κ3) is 6.03. The second-order valence-corrected chi connectivity index (χ2v) is 10.9. The summed E-state index contributed by atoms with van der Waals surface area (Å²) in [6.07, 6.45) is 6.15. The van der Waals surface area contributed by atoms with Crippen molar-refractivity contribution >= 4 is 34.5 Å². The fraction of sp³-hybridized carbons (Fsp3) is 0.312. The molecule has 12 nitrogen and oxygen atoms in total. The van der Waals surface area contributed by atoms with E-state index in [0.29, 0.717) is 52.7 Å². The number of fused-ring (bicyclic) bond motifs is 1. The molecule has 1 saturated heterocycles. The first-order chi connectivity index (χ1) is 21.4. The van der Waals surface area contributed by atoms with Crippen LogP contribution in [0.1, 0.15) is 37.3 Å². The van der Waals surface area contributed by atoms with Gasteiger partial charge in [-0.3, -0.25) is 10.1 Å². The van der Waals surface area contributed by atoms with Crippen molar-refractivity contribution in [3.8, 4) is 23.1 Å². The Morgan fingerprint density at radius 2 is 1.98 bits per heavy atom. The molecule has 0 radical (unpaired) electrons. The molecule has 3 heterocycles. The van der Waals surface area contributed by atoms with Gasteiger partial charge >= 0.3 is 6.09 Å². The van der Waals surface area contributed by atoms with Crippen LogP contribution < -0.4 is 15.8 Å². The first kappa shape index (κ1) is 28.7. The minimum Gasteiger partial charge on any atom is -0.495 e. The second-order valence-electron chi connectivity index (χ2n) is 10.9. The number of ether oxygens (including phenoxy) is 2. The maximum atomic E-state index is 13.2. The second kappa shape index (κ2) is 12.4. The zero-order chi connectivity index (χ0) is 30.6. The molecule has 3 N–H and O–H groups in total. The standard InChI is InChI=1S/C32H32N8O4/c1-43-26-15-22(11-12-25(26)37-32(42)44-18-21-6-3-2-4-7-21)28-27-29(34)35-19-36-30(27)40(38-28)24-8-5-13-39(17-24)31(41)23(16-33)14-20-9-10-20/h2-4,6-7,11-12,14-15,19-20,24H,5,8-10,13,17-18H2,1H3,(H,37,42)(H2,34,35,36)/b23-14+. The van der Waals surface area contributed by atoms with Gasteiger partial charge in [0.2, 0.25) is 0 Å². The van der Waals surface area contributed by atoms with Gasteiger partial charge in [0.1, 0.15) is 41.8 Å². The van der Waals surface area contributed by atoms with Gasteiger partial charge < -0.3 is 20.1 Å². The van der Waals surface area contributed by atoms with Crippen molar-refractivity contribution in [3.63, 3.8) is 0 Å². The molecule has 44 heavy (non-hydrogen) atoms. The van der Waals surface area contributed by atoms with Crippen LogP contribution in [-0.4, -0.2) is 56.8 Å². The smallest absolute Gasteiger partial charge is 0.412 e. The van der Waals surface area contributed by atoms with Crippen molar-refractivity contribution in [2.45, 2.75) is 38.3 Å². The number of nitrogen functional groups attached to an aromatic ring is 1. The van der Waals surface area contributed by atoms with E-state index in [0.717, 1.165) is 31.2 Å². The Morgan fingerprint density at radius 1 is 1.16 bits per heavy atom. The monoisotopic (exact) mass is 592 g/mol. The van der Waals surface area contributed by atoms with E-state index in [4.69, 9.17) is 20.3 Å². The van der Waals surface area contributed by atoms with Crippen molar-refractivity contribution in [3.05, 3.63) is 72.1 Å². The lowest BCUT2D eigenvalue weighted by Gasteiger charge is -2.32. The number of aromatic nitrogens is 4. The van der Waals surface area contributed by atoms with E-state index in [2.05, 4.69) is 21.4 Å². The first-order valence-electron chi connectivity index (χ1n) is 14.5. The number of rotatable bonds is 8. The van der Waals surface area contributed by atoms with Crippen LogP contribution in [0.4, 0.5) is 16.3 Å². The largest absolute Gasteiger partial charge is 0.495 e. The molecule has 12 heteroatoms. The summed E-state index contributed by atoms with van der Waals surface area (Å²) in [7, 11) is 1.51. The molecule has 224 valence electrons. The molecule has 2 fully saturated rings. The van der Waals surface area contributed by atoms with Crippen LogP contribution in [0.5, 0.6) is 5.75 Å². The Labute approximate surface area is 254 Å². The lowest BCUT2D eigenvalue weighted by Crippen LogP contribution is -2.41. The van der Waals surface area contributed by atoms with Gasteiger partial charge in [-0.25, -0.2) is 19.4 Å². The number of likely N-dealkylation sites (tertiary alicyclic amines) is 1. The number of carbonyl (C=O) groups is 2. The minimum absolute atomic E-state index is 0.134. The number of benzene rings is 2. The summed E-state index contributed by atoms with van der Waals surface area (Å²) in [6, 6.07) is 16.6. The predicted octanol–water partition coefficient (Wildman–Crippen LogP) is 4.86. The van der Waals surface area contributed by atoms with Gasteiger partial charge in [0.25, 0.3) is 5.91 Å². The predicted molar refractivity (Wildman–Crippen MR) is 163 cm³/mol. The number of methoxy groups -OCH3 is 1. The average molecular weight is 593 g/mol. The topological polar surface area (TPSA) is 161 Å². The fourth-order valence-electron chi connectivity index (χ4n) is 5.43. The molecule has 0 bridgehead atoms. The number of carbonyl (C=O) groups excluding carboxylic acids is 2. The van der Waals surface area contributed by atoms with Crippen molar-refractivity contribution in [1.82, 2.24) is 24.6 Å². The Hall–Kier alpha value is -5.44. The van der Waals surface area contributed by atoms with E-state index >= 15 is 0 Å². The molecule has 1 atom stereocenters. The highest BCUT2D eigenvalue weighted by Crippen LogP contribution is 2.37. The molecule has 2 aromatic heterocycles. The number of anilines is 2. The van der Waals surface area contributed by atoms with Crippen molar-refractivity contribution < 1.29 is 19.1 Å². The number of hydrogen-bond donors (Lipinski definition) is 2. The van der Waals surface area contributed by atoms with Crippen molar-refractivity contribution in [2.75, 3.05) is 31.2 Å². The molecule has 4 aromatic rings. The molecule has 2 aromatic carbocycles. The molecular weight excluding hydrogens is 560 g/mol. The molecule has 1 aliphatic heterocycles. The molecule has 6 rings (SSSR count). The van der Waals surface area contributed by atoms with E-state index in [9.17, 15) is 14.9 Å². The van der Waals surface area contributed by atoms with E-state index in [-0.39, 0.29) is 29.9 Å². The van der Waals surface area contributed by atoms with E-state index < -0.39 is 6.09 Å². The maximum absolute atomic E-state index is 13.2. The van der Waals surface area contributed by atoms with Crippen LogP contribution in [0.15, 0.2) is 66.5 Å². The highest BCUT2D eigenvalue weighted by atomic mass is 16.5. The lowest BCUT2D eigenvalue weighted by atomic mass is 10.0. The summed E-state index contributed by atoms with van der Waals surface area (Å²) in [6.45, 7) is 1.09. The molecular formula is C32H32N8O4. The van der Waals surface area contributed by atoms with E-state index in [1.165, 1.54) is 13.4 Å². The van der Waals surface area contributed by atoms with Gasteiger partial charge in [0.15, 0.2) is 5.65 Å². The fourth-order valence-corrected chi connectivity index (χ4v) is 5.43. The number of nitrogens with two attached hydrogens (primary N) is 1. The summed E-state index contributed by atoms with van der Waals surface area (Å²) in [5, 5.41) is 17.9. The average Bonchev–Trinajstić information content (AvgIpc) is 3.80. The van der Waals surface area contributed by atoms with E-state index in [1.807, 2.05) is 30.3 Å². The van der Waals surface area contributed by atoms with Gasteiger partial charge in [-0.2, -0.15) is 10.4 Å². The number of nitrogens with one attached hydrogen (secondary N) is 1. The number of amides is 2. The summed E-state index contributed by atoms with van der Waals surface area (Å²) in [5.41, 5.74) is 9.63. The zero-order valence-corrected chi connectivity index (χ0v) is 24.3. The van der Waals surface area contributed by atoms with Crippen LogP contribution >= 0.6 is 0 Å². The molecule has 2 amide bonds. The van der Waals surface area contributed by atoms with Gasteiger partial charge in [-0.15, -0.1) is 0 Å². The molecule has 2 aliphatic rings. The quantitative estimate of drug-likeness (QED) is 0.215. The summed E-state index contributed by atoms with van der Waals surface area (Å²) < 4.78 is 12.8. The number of nitriles is 1. The lowest BCUT2D eigenvalue weighted by molar-refractivity contribution is -0.128. The zero-order valence-electron chi connectivity index (χ0n) is 24.3. The summed E-state index contributed by atoms with van der Waals surface area (Å²) >= 11 is 0. The normalized spacial score (nSPS) is 16.8. The third-order valence-corrected chi connectivity index (χ3v) is 7.85. The highest BCUT2D eigenvalue weighted by Gasteiger charge is 2.31. The molecule has 1 unspecified atom stereocenters. The Morgan fingerprint density at radius 3 is 2.73 bits per heavy atom. The molecule has 1 saturated carbocycles. The highest BCUT2D eigenvalue weighted by molar-refractivity contribution is 5.99. The first-order valence-corrected chi connectivity index (χ1v) is 14.5. The van der Waals surface area contributed by atoms with Gasteiger partial charge in [-0.05, 0) is 49.3 Å². The Bertz CT molecular complexity index is 1770. The molecule has 0 spiro atoms. The van der Waals surface area contributed by atoms with Crippen LogP contribution in [0, 0.1) is 17.2 Å². The number of allylic oxidation sites excluding steroid dienone is 1.